The Kier molecular flexibility index (Phi) is 3.62. The number of aromatic nitrogens is 1. The van der Waals surface area contributed by atoms with Gasteiger partial charge in [-0.25, -0.2) is 0 Å². The summed E-state index contributed by atoms with van der Waals surface area (Å²) in [7, 11) is 2.01. The largest absolute Gasteiger partial charge is 0.423 e. The minimum absolute atomic E-state index is 0.695. The van der Waals surface area contributed by atoms with Crippen molar-refractivity contribution in [2.24, 2.45) is 5.92 Å². The summed E-state index contributed by atoms with van der Waals surface area (Å²) in [6.07, 6.45) is 2.36. The zero-order valence-corrected chi connectivity index (χ0v) is 11.8. The molecule has 0 radical (unpaired) electrons. The average molecular weight is 280 g/mol. The molecule has 0 amide bonds. The molecule has 0 atom stereocenters. The van der Waals surface area contributed by atoms with Gasteiger partial charge in [-0.1, -0.05) is 11.6 Å². The second-order valence-corrected chi connectivity index (χ2v) is 5.53. The molecule has 0 saturated carbocycles. The van der Waals surface area contributed by atoms with E-state index in [1.165, 1.54) is 12.8 Å². The van der Waals surface area contributed by atoms with E-state index in [-0.39, 0.29) is 0 Å². The van der Waals surface area contributed by atoms with Crippen molar-refractivity contribution in [1.29, 1.82) is 0 Å². The first-order chi connectivity index (χ1) is 9.26. The van der Waals surface area contributed by atoms with Gasteiger partial charge in [-0.3, -0.25) is 0 Å². The van der Waals surface area contributed by atoms with Crippen LogP contribution in [0.3, 0.4) is 0 Å². The molecule has 1 aromatic carbocycles. The van der Waals surface area contributed by atoms with E-state index in [0.29, 0.717) is 5.02 Å². The SMILES string of the molecule is CNCC1CCN(c2nc3cc(Cl)ccc3o2)CC1. The first-order valence-corrected chi connectivity index (χ1v) is 7.09. The number of anilines is 1. The summed E-state index contributed by atoms with van der Waals surface area (Å²) in [5.74, 6) is 0.764. The predicted molar refractivity (Wildman–Crippen MR) is 77.9 cm³/mol. The normalized spacial score (nSPS) is 17.3. The Morgan fingerprint density at radius 1 is 1.42 bits per heavy atom. The van der Waals surface area contributed by atoms with E-state index >= 15 is 0 Å². The Balaban J connectivity index is 1.74. The molecule has 2 aromatic rings. The maximum absolute atomic E-state index is 5.97. The van der Waals surface area contributed by atoms with Crippen LogP contribution in [0.25, 0.3) is 11.1 Å². The number of hydrogen-bond donors (Lipinski definition) is 1. The number of piperidine rings is 1. The summed E-state index contributed by atoms with van der Waals surface area (Å²) in [5, 5.41) is 3.94. The molecule has 1 N–H and O–H groups in total. The molecule has 1 saturated heterocycles. The number of hydrogen-bond acceptors (Lipinski definition) is 4. The summed E-state index contributed by atoms with van der Waals surface area (Å²) >= 11 is 5.97. The molecule has 1 fully saturated rings. The van der Waals surface area contributed by atoms with Gasteiger partial charge in [0.1, 0.15) is 5.52 Å². The summed E-state index contributed by atoms with van der Waals surface area (Å²) in [4.78, 5) is 6.75. The molecular formula is C14H18ClN3O. The number of nitrogens with one attached hydrogen (secondary N) is 1. The number of rotatable bonds is 3. The van der Waals surface area contributed by atoms with Crippen molar-refractivity contribution in [2.75, 3.05) is 31.6 Å². The quantitative estimate of drug-likeness (QED) is 0.938. The Morgan fingerprint density at radius 3 is 2.95 bits per heavy atom. The molecule has 3 rings (SSSR count). The minimum atomic E-state index is 0.695. The molecule has 0 unspecified atom stereocenters. The molecule has 4 nitrogen and oxygen atoms in total. The van der Waals surface area contributed by atoms with Crippen molar-refractivity contribution in [3.05, 3.63) is 23.2 Å². The van der Waals surface area contributed by atoms with Crippen LogP contribution in [0.15, 0.2) is 22.6 Å². The van der Waals surface area contributed by atoms with Crippen molar-refractivity contribution in [2.45, 2.75) is 12.8 Å². The van der Waals surface area contributed by atoms with Crippen molar-refractivity contribution in [3.63, 3.8) is 0 Å². The first-order valence-electron chi connectivity index (χ1n) is 6.72. The highest BCUT2D eigenvalue weighted by molar-refractivity contribution is 6.31. The molecule has 1 aliphatic rings. The Labute approximate surface area is 117 Å². The lowest BCUT2D eigenvalue weighted by molar-refractivity contribution is 0.380. The minimum Gasteiger partial charge on any atom is -0.423 e. The molecule has 19 heavy (non-hydrogen) atoms. The van der Waals surface area contributed by atoms with Crippen molar-refractivity contribution < 1.29 is 4.42 Å². The van der Waals surface area contributed by atoms with Crippen LogP contribution in [-0.4, -0.2) is 31.7 Å². The van der Waals surface area contributed by atoms with Gasteiger partial charge in [-0.2, -0.15) is 4.98 Å². The van der Waals surface area contributed by atoms with Gasteiger partial charge >= 0.3 is 0 Å². The van der Waals surface area contributed by atoms with E-state index in [2.05, 4.69) is 15.2 Å². The fourth-order valence-electron chi connectivity index (χ4n) is 2.64. The van der Waals surface area contributed by atoms with E-state index in [1.54, 1.807) is 0 Å². The maximum Gasteiger partial charge on any atom is 0.298 e. The van der Waals surface area contributed by atoms with E-state index in [0.717, 1.165) is 42.7 Å². The van der Waals surface area contributed by atoms with Gasteiger partial charge in [0.05, 0.1) is 0 Å². The standard InChI is InChI=1S/C14H18ClN3O/c1-16-9-10-4-6-18(7-5-10)14-17-12-8-11(15)2-3-13(12)19-14/h2-3,8,10,16H,4-7,9H2,1H3. The fourth-order valence-corrected chi connectivity index (χ4v) is 2.81. The second kappa shape index (κ2) is 5.39. The fraction of sp³-hybridized carbons (Fsp3) is 0.500. The third-order valence-electron chi connectivity index (χ3n) is 3.72. The summed E-state index contributed by atoms with van der Waals surface area (Å²) < 4.78 is 5.80. The smallest absolute Gasteiger partial charge is 0.298 e. The number of benzene rings is 1. The Bertz CT molecular complexity index is 561. The molecular weight excluding hydrogens is 262 g/mol. The van der Waals surface area contributed by atoms with Gasteiger partial charge in [0.15, 0.2) is 5.58 Å². The lowest BCUT2D eigenvalue weighted by Gasteiger charge is -2.30. The maximum atomic E-state index is 5.97. The van der Waals surface area contributed by atoms with Gasteiger partial charge in [-0.15, -0.1) is 0 Å². The highest BCUT2D eigenvalue weighted by Gasteiger charge is 2.22. The third-order valence-corrected chi connectivity index (χ3v) is 3.95. The van der Waals surface area contributed by atoms with Crippen molar-refractivity contribution in [3.8, 4) is 0 Å². The van der Waals surface area contributed by atoms with Gasteiger partial charge < -0.3 is 14.6 Å². The second-order valence-electron chi connectivity index (χ2n) is 5.10. The van der Waals surface area contributed by atoms with Gasteiger partial charge in [0.2, 0.25) is 0 Å². The number of halogens is 1. The van der Waals surface area contributed by atoms with Crippen LogP contribution in [0.5, 0.6) is 0 Å². The first kappa shape index (κ1) is 12.8. The number of fused-ring (bicyclic) bond motifs is 1. The molecule has 5 heteroatoms. The predicted octanol–water partition coefficient (Wildman–Crippen LogP) is 2.92. The molecule has 1 aliphatic heterocycles. The van der Waals surface area contributed by atoms with Crippen LogP contribution >= 0.6 is 11.6 Å². The number of oxazole rings is 1. The van der Waals surface area contributed by atoms with E-state index in [4.69, 9.17) is 16.0 Å². The lowest BCUT2D eigenvalue weighted by Crippen LogP contribution is -2.36. The zero-order chi connectivity index (χ0) is 13.2. The zero-order valence-electron chi connectivity index (χ0n) is 11.0. The highest BCUT2D eigenvalue weighted by Crippen LogP contribution is 2.27. The van der Waals surface area contributed by atoms with Crippen LogP contribution in [0.1, 0.15) is 12.8 Å². The highest BCUT2D eigenvalue weighted by atomic mass is 35.5. The van der Waals surface area contributed by atoms with Crippen LogP contribution in [-0.2, 0) is 0 Å². The molecule has 102 valence electrons. The molecule has 2 heterocycles. The van der Waals surface area contributed by atoms with Crippen LogP contribution in [0.2, 0.25) is 5.02 Å². The topological polar surface area (TPSA) is 41.3 Å². The molecule has 1 aromatic heterocycles. The number of nitrogens with zero attached hydrogens (tertiary/aromatic N) is 2. The van der Waals surface area contributed by atoms with Crippen LogP contribution < -0.4 is 10.2 Å². The van der Waals surface area contributed by atoms with E-state index in [9.17, 15) is 0 Å². The van der Waals surface area contributed by atoms with E-state index < -0.39 is 0 Å². The monoisotopic (exact) mass is 279 g/mol. The Hall–Kier alpha value is -1.26. The van der Waals surface area contributed by atoms with Gasteiger partial charge in [0, 0.05) is 18.1 Å². The van der Waals surface area contributed by atoms with E-state index in [1.807, 2.05) is 25.2 Å². The summed E-state index contributed by atoms with van der Waals surface area (Å²) in [6.45, 7) is 3.11. The average Bonchev–Trinajstić information content (AvgIpc) is 2.83. The van der Waals surface area contributed by atoms with Crippen LogP contribution in [0, 0.1) is 5.92 Å². The van der Waals surface area contributed by atoms with Gasteiger partial charge in [-0.05, 0) is 50.6 Å². The third kappa shape index (κ3) is 2.69. The van der Waals surface area contributed by atoms with Crippen LogP contribution in [0.4, 0.5) is 6.01 Å². The summed E-state index contributed by atoms with van der Waals surface area (Å²) in [6, 6.07) is 6.28. The summed E-state index contributed by atoms with van der Waals surface area (Å²) in [5.41, 5.74) is 1.64. The molecule has 0 bridgehead atoms. The van der Waals surface area contributed by atoms with Crippen molar-refractivity contribution in [1.82, 2.24) is 10.3 Å². The molecule has 0 aliphatic carbocycles. The molecule has 0 spiro atoms. The van der Waals surface area contributed by atoms with Crippen molar-refractivity contribution >= 4 is 28.7 Å². The Morgan fingerprint density at radius 2 is 2.21 bits per heavy atom. The van der Waals surface area contributed by atoms with Gasteiger partial charge in [0.25, 0.3) is 6.01 Å². The lowest BCUT2D eigenvalue weighted by atomic mass is 9.97.